The highest BCUT2D eigenvalue weighted by atomic mass is 79.9. The predicted molar refractivity (Wildman–Crippen MR) is 93.4 cm³/mol. The maximum absolute atomic E-state index is 12.1. The Labute approximate surface area is 153 Å². The van der Waals surface area contributed by atoms with Crippen molar-refractivity contribution in [1.82, 2.24) is 5.32 Å². The molecule has 2 aromatic carbocycles. The molecule has 6 nitrogen and oxygen atoms in total. The Morgan fingerprint density at radius 1 is 1.20 bits per heavy atom. The van der Waals surface area contributed by atoms with E-state index in [4.69, 9.17) is 14.2 Å². The zero-order chi connectivity index (χ0) is 17.8. The van der Waals surface area contributed by atoms with Gasteiger partial charge in [0.2, 0.25) is 6.79 Å². The normalized spacial score (nSPS) is 13.2. The van der Waals surface area contributed by atoms with Crippen molar-refractivity contribution in [3.05, 3.63) is 58.1 Å². The molecule has 0 aromatic heterocycles. The quantitative estimate of drug-likeness (QED) is 0.773. The Kier molecular flexibility index (Phi) is 5.23. The Balaban J connectivity index is 1.53. The fourth-order valence-corrected chi connectivity index (χ4v) is 2.68. The van der Waals surface area contributed by atoms with Gasteiger partial charge in [0.1, 0.15) is 0 Å². The largest absolute Gasteiger partial charge is 0.454 e. The third kappa shape index (κ3) is 4.30. The van der Waals surface area contributed by atoms with Gasteiger partial charge in [-0.05, 0) is 42.8 Å². The number of benzene rings is 2. The molecule has 1 amide bonds. The number of ether oxygens (including phenoxy) is 3. The number of fused-ring (bicyclic) bond motifs is 1. The van der Waals surface area contributed by atoms with Crippen molar-refractivity contribution in [2.45, 2.75) is 19.6 Å². The van der Waals surface area contributed by atoms with Crippen LogP contribution >= 0.6 is 15.9 Å². The topological polar surface area (TPSA) is 73.9 Å². The summed E-state index contributed by atoms with van der Waals surface area (Å²) in [4.78, 5) is 24.2. The molecule has 7 heteroatoms. The van der Waals surface area contributed by atoms with Crippen LogP contribution in [0.4, 0.5) is 0 Å². The second kappa shape index (κ2) is 7.57. The number of hydrogen-bond donors (Lipinski definition) is 1. The van der Waals surface area contributed by atoms with E-state index in [1.807, 2.05) is 6.07 Å². The third-order valence-electron chi connectivity index (χ3n) is 3.62. The Morgan fingerprint density at radius 3 is 2.80 bits per heavy atom. The summed E-state index contributed by atoms with van der Waals surface area (Å²) in [6, 6.07) is 12.2. The van der Waals surface area contributed by atoms with Gasteiger partial charge in [0, 0.05) is 11.0 Å². The van der Waals surface area contributed by atoms with Crippen LogP contribution in [0, 0.1) is 0 Å². The number of halogens is 1. The van der Waals surface area contributed by atoms with E-state index in [9.17, 15) is 9.59 Å². The standard InChI is InChI=1S/C18H16BrNO5/c1-11(25-18(22)13-3-2-4-14(19)8-13)17(21)20-9-12-5-6-15-16(7-12)24-10-23-15/h2-8,11H,9-10H2,1H3,(H,20,21). The van der Waals surface area contributed by atoms with Crippen LogP contribution in [0.3, 0.4) is 0 Å². The van der Waals surface area contributed by atoms with Crippen LogP contribution in [0.25, 0.3) is 0 Å². The van der Waals surface area contributed by atoms with Crippen LogP contribution in [0.1, 0.15) is 22.8 Å². The van der Waals surface area contributed by atoms with Crippen molar-refractivity contribution in [2.24, 2.45) is 0 Å². The van der Waals surface area contributed by atoms with E-state index in [0.29, 0.717) is 23.6 Å². The van der Waals surface area contributed by atoms with Gasteiger partial charge in [-0.2, -0.15) is 0 Å². The highest BCUT2D eigenvalue weighted by Gasteiger charge is 2.19. The first kappa shape index (κ1) is 17.3. The molecular weight excluding hydrogens is 390 g/mol. The fraction of sp³-hybridized carbons (Fsp3) is 0.222. The summed E-state index contributed by atoms with van der Waals surface area (Å²) >= 11 is 3.29. The van der Waals surface area contributed by atoms with Crippen LogP contribution in [0.15, 0.2) is 46.9 Å². The van der Waals surface area contributed by atoms with Gasteiger partial charge < -0.3 is 19.5 Å². The van der Waals surface area contributed by atoms with E-state index in [1.54, 1.807) is 36.4 Å². The predicted octanol–water partition coefficient (Wildman–Crippen LogP) is 3.04. The molecular formula is C18H16BrNO5. The van der Waals surface area contributed by atoms with E-state index < -0.39 is 12.1 Å². The maximum Gasteiger partial charge on any atom is 0.338 e. The number of carbonyl (C=O) groups excluding carboxylic acids is 2. The number of carbonyl (C=O) groups is 2. The van der Waals surface area contributed by atoms with Crippen LogP contribution in [-0.2, 0) is 16.1 Å². The molecule has 1 atom stereocenters. The Morgan fingerprint density at radius 2 is 2.00 bits per heavy atom. The van der Waals surface area contributed by atoms with Gasteiger partial charge in [-0.1, -0.05) is 28.1 Å². The van der Waals surface area contributed by atoms with Crippen molar-refractivity contribution < 1.29 is 23.8 Å². The zero-order valence-corrected chi connectivity index (χ0v) is 15.0. The Hall–Kier alpha value is -2.54. The molecule has 0 aliphatic carbocycles. The lowest BCUT2D eigenvalue weighted by Gasteiger charge is -2.14. The highest BCUT2D eigenvalue weighted by molar-refractivity contribution is 9.10. The van der Waals surface area contributed by atoms with Gasteiger partial charge in [0.05, 0.1) is 5.56 Å². The molecule has 25 heavy (non-hydrogen) atoms. The number of hydrogen-bond acceptors (Lipinski definition) is 5. The number of amides is 1. The highest BCUT2D eigenvalue weighted by Crippen LogP contribution is 2.32. The van der Waals surface area contributed by atoms with Crippen LogP contribution in [0.5, 0.6) is 11.5 Å². The monoisotopic (exact) mass is 405 g/mol. The first-order chi connectivity index (χ1) is 12.0. The number of rotatable bonds is 5. The number of esters is 1. The first-order valence-corrected chi connectivity index (χ1v) is 8.45. The molecule has 0 spiro atoms. The van der Waals surface area contributed by atoms with E-state index >= 15 is 0 Å². The third-order valence-corrected chi connectivity index (χ3v) is 4.11. The van der Waals surface area contributed by atoms with Gasteiger partial charge in [0.15, 0.2) is 17.6 Å². The lowest BCUT2D eigenvalue weighted by Crippen LogP contribution is -2.35. The molecule has 1 aliphatic heterocycles. The summed E-state index contributed by atoms with van der Waals surface area (Å²) in [7, 11) is 0. The average Bonchev–Trinajstić information content (AvgIpc) is 3.07. The van der Waals surface area contributed by atoms with E-state index in [1.165, 1.54) is 6.92 Å². The summed E-state index contributed by atoms with van der Waals surface area (Å²) in [6.07, 6.45) is -0.902. The minimum atomic E-state index is -0.902. The first-order valence-electron chi connectivity index (χ1n) is 7.66. The molecule has 130 valence electrons. The summed E-state index contributed by atoms with van der Waals surface area (Å²) in [5.74, 6) is 0.417. The molecule has 1 unspecified atom stereocenters. The van der Waals surface area contributed by atoms with Crippen LogP contribution < -0.4 is 14.8 Å². The lowest BCUT2D eigenvalue weighted by molar-refractivity contribution is -0.129. The molecule has 1 N–H and O–H groups in total. The zero-order valence-electron chi connectivity index (χ0n) is 13.5. The summed E-state index contributed by atoms with van der Waals surface area (Å²) in [6.45, 7) is 2.03. The molecule has 2 aromatic rings. The fourth-order valence-electron chi connectivity index (χ4n) is 2.28. The SMILES string of the molecule is CC(OC(=O)c1cccc(Br)c1)C(=O)NCc1ccc2c(c1)OCO2. The molecule has 0 saturated heterocycles. The van der Waals surface area contributed by atoms with Crippen LogP contribution in [-0.4, -0.2) is 24.8 Å². The molecule has 0 saturated carbocycles. The van der Waals surface area contributed by atoms with Crippen molar-refractivity contribution in [3.63, 3.8) is 0 Å². The molecule has 1 heterocycles. The lowest BCUT2D eigenvalue weighted by atomic mass is 10.2. The van der Waals surface area contributed by atoms with Gasteiger partial charge in [-0.25, -0.2) is 4.79 Å². The second-order valence-electron chi connectivity index (χ2n) is 5.46. The van der Waals surface area contributed by atoms with Crippen LogP contribution in [0.2, 0.25) is 0 Å². The Bertz CT molecular complexity index is 808. The average molecular weight is 406 g/mol. The van der Waals surface area contributed by atoms with E-state index in [-0.39, 0.29) is 12.7 Å². The van der Waals surface area contributed by atoms with Gasteiger partial charge in [-0.3, -0.25) is 4.79 Å². The number of nitrogens with one attached hydrogen (secondary N) is 1. The van der Waals surface area contributed by atoms with E-state index in [2.05, 4.69) is 21.2 Å². The molecule has 1 aliphatic rings. The van der Waals surface area contributed by atoms with E-state index in [0.717, 1.165) is 10.0 Å². The van der Waals surface area contributed by atoms with Gasteiger partial charge in [0.25, 0.3) is 5.91 Å². The molecule has 0 bridgehead atoms. The van der Waals surface area contributed by atoms with Crippen molar-refractivity contribution in [2.75, 3.05) is 6.79 Å². The van der Waals surface area contributed by atoms with Crippen molar-refractivity contribution >= 4 is 27.8 Å². The second-order valence-corrected chi connectivity index (χ2v) is 6.38. The maximum atomic E-state index is 12.1. The molecule has 0 fully saturated rings. The minimum Gasteiger partial charge on any atom is -0.454 e. The minimum absolute atomic E-state index is 0.202. The molecule has 3 rings (SSSR count). The smallest absolute Gasteiger partial charge is 0.338 e. The summed E-state index contributed by atoms with van der Waals surface area (Å²) in [5.41, 5.74) is 1.24. The van der Waals surface area contributed by atoms with Crippen molar-refractivity contribution in [1.29, 1.82) is 0 Å². The molecule has 0 radical (unpaired) electrons. The van der Waals surface area contributed by atoms with Gasteiger partial charge in [-0.15, -0.1) is 0 Å². The summed E-state index contributed by atoms with van der Waals surface area (Å²) in [5, 5.41) is 2.74. The summed E-state index contributed by atoms with van der Waals surface area (Å²) < 4.78 is 16.5. The van der Waals surface area contributed by atoms with Gasteiger partial charge >= 0.3 is 5.97 Å². The van der Waals surface area contributed by atoms with Crippen molar-refractivity contribution in [3.8, 4) is 11.5 Å².